The normalized spacial score (nSPS) is 15.6. The van der Waals surface area contributed by atoms with Gasteiger partial charge >= 0.3 is 0 Å². The lowest BCUT2D eigenvalue weighted by molar-refractivity contribution is 1.06. The van der Waals surface area contributed by atoms with Crippen LogP contribution in [0, 0.1) is 5.75 Å². The average Bonchev–Trinajstić information content (AvgIpc) is 2.33. The van der Waals surface area contributed by atoms with Crippen LogP contribution >= 0.6 is 11.8 Å². The minimum Gasteiger partial charge on any atom is -0.260 e. The Balaban J connectivity index is 2.54. The molecular formula is C7H6NS. The van der Waals surface area contributed by atoms with Gasteiger partial charge in [0.25, 0.3) is 0 Å². The van der Waals surface area contributed by atoms with E-state index in [1.54, 1.807) is 11.8 Å². The molecule has 0 unspecified atom stereocenters. The molecule has 0 N–H and O–H groups in total. The Morgan fingerprint density at radius 2 is 2.56 bits per heavy atom. The molecule has 1 aliphatic rings. The third kappa shape index (κ3) is 0.833. The van der Waals surface area contributed by atoms with Crippen LogP contribution in [-0.2, 0) is 6.42 Å². The maximum absolute atomic E-state index is 4.21. The minimum atomic E-state index is 1.03. The number of hydrogen-bond donors (Lipinski definition) is 0. The lowest BCUT2D eigenvalue weighted by Crippen LogP contribution is -1.81. The van der Waals surface area contributed by atoms with Crippen molar-refractivity contribution < 1.29 is 0 Å². The molecule has 1 radical (unpaired) electrons. The van der Waals surface area contributed by atoms with E-state index in [2.05, 4.69) is 16.8 Å². The molecule has 9 heavy (non-hydrogen) atoms. The second-order valence-corrected chi connectivity index (χ2v) is 2.95. The van der Waals surface area contributed by atoms with Gasteiger partial charge in [0.2, 0.25) is 0 Å². The third-order valence-corrected chi connectivity index (χ3v) is 2.29. The molecule has 0 amide bonds. The molecule has 45 valence electrons. The van der Waals surface area contributed by atoms with Gasteiger partial charge in [-0.2, -0.15) is 0 Å². The van der Waals surface area contributed by atoms with Crippen LogP contribution < -0.4 is 0 Å². The Morgan fingerprint density at radius 3 is 3.44 bits per heavy atom. The van der Waals surface area contributed by atoms with E-state index in [1.807, 2.05) is 12.3 Å². The van der Waals surface area contributed by atoms with Crippen molar-refractivity contribution in [2.75, 3.05) is 0 Å². The summed E-state index contributed by atoms with van der Waals surface area (Å²) in [5.74, 6) is 2.18. The summed E-state index contributed by atoms with van der Waals surface area (Å²) in [5.41, 5.74) is 1.22. The first-order valence-corrected chi connectivity index (χ1v) is 3.77. The van der Waals surface area contributed by atoms with Gasteiger partial charge < -0.3 is 0 Å². The Hall–Kier alpha value is -0.500. The second kappa shape index (κ2) is 2.03. The van der Waals surface area contributed by atoms with Crippen LogP contribution in [0.4, 0.5) is 0 Å². The molecule has 1 aromatic rings. The number of rotatable bonds is 0. The predicted molar refractivity (Wildman–Crippen MR) is 38.1 cm³/mol. The summed E-state index contributed by atoms with van der Waals surface area (Å²) in [6, 6.07) is 4.08. The van der Waals surface area contributed by atoms with E-state index < -0.39 is 0 Å². The van der Waals surface area contributed by atoms with Gasteiger partial charge in [-0.15, -0.1) is 11.8 Å². The molecule has 0 aromatic carbocycles. The zero-order valence-electron chi connectivity index (χ0n) is 4.87. The second-order valence-electron chi connectivity index (χ2n) is 1.94. The van der Waals surface area contributed by atoms with Crippen molar-refractivity contribution in [1.82, 2.24) is 4.98 Å². The fraction of sp³-hybridized carbons (Fsp3) is 0.143. The Morgan fingerprint density at radius 1 is 1.56 bits per heavy atom. The van der Waals surface area contributed by atoms with Crippen molar-refractivity contribution in [3.05, 3.63) is 29.8 Å². The largest absolute Gasteiger partial charge is 0.260 e. The summed E-state index contributed by atoms with van der Waals surface area (Å²) < 4.78 is 0. The van der Waals surface area contributed by atoms with E-state index in [9.17, 15) is 0 Å². The molecule has 0 spiro atoms. The topological polar surface area (TPSA) is 12.9 Å². The lowest BCUT2D eigenvalue weighted by Gasteiger charge is -1.91. The number of pyridine rings is 1. The first kappa shape index (κ1) is 5.30. The quantitative estimate of drug-likeness (QED) is 0.540. The number of nitrogens with zero attached hydrogens (tertiary/aromatic N) is 1. The van der Waals surface area contributed by atoms with E-state index >= 15 is 0 Å². The van der Waals surface area contributed by atoms with Crippen molar-refractivity contribution in [2.24, 2.45) is 0 Å². The molecular weight excluding hydrogens is 130 g/mol. The summed E-state index contributed by atoms with van der Waals surface area (Å²) in [5, 5.41) is 0. The molecule has 0 fully saturated rings. The number of fused-ring (bicyclic) bond motifs is 1. The van der Waals surface area contributed by atoms with Gasteiger partial charge in [-0.25, -0.2) is 0 Å². The standard InChI is InChI=1S/C7H6NS/c1-2-7-6(8-4-1)3-5-9-7/h1-2,4-5H,3H2. The Labute approximate surface area is 58.5 Å². The van der Waals surface area contributed by atoms with Crippen LogP contribution in [0.1, 0.15) is 5.69 Å². The van der Waals surface area contributed by atoms with Crippen molar-refractivity contribution >= 4 is 11.8 Å². The first-order valence-electron chi connectivity index (χ1n) is 2.89. The molecule has 0 atom stereocenters. The minimum absolute atomic E-state index is 1.03. The third-order valence-electron chi connectivity index (χ3n) is 1.34. The highest BCUT2D eigenvalue weighted by Crippen LogP contribution is 2.31. The van der Waals surface area contributed by atoms with Crippen LogP contribution in [0.2, 0.25) is 0 Å². The van der Waals surface area contributed by atoms with E-state index in [-0.39, 0.29) is 0 Å². The predicted octanol–water partition coefficient (Wildman–Crippen LogP) is 1.89. The SMILES string of the molecule is [CH]1Cc2ncccc2S1. The molecule has 0 saturated carbocycles. The van der Waals surface area contributed by atoms with Gasteiger partial charge in [-0.05, 0) is 12.1 Å². The van der Waals surface area contributed by atoms with E-state index in [0.717, 1.165) is 6.42 Å². The lowest BCUT2D eigenvalue weighted by atomic mass is 10.3. The fourth-order valence-electron chi connectivity index (χ4n) is 0.894. The van der Waals surface area contributed by atoms with Gasteiger partial charge in [0.05, 0.1) is 5.69 Å². The van der Waals surface area contributed by atoms with Gasteiger partial charge in [0.1, 0.15) is 0 Å². The Kier molecular flexibility index (Phi) is 1.19. The molecule has 2 heteroatoms. The molecule has 1 aromatic heterocycles. The van der Waals surface area contributed by atoms with E-state index in [0.29, 0.717) is 0 Å². The highest BCUT2D eigenvalue weighted by molar-refractivity contribution is 8.01. The van der Waals surface area contributed by atoms with Gasteiger partial charge in [-0.1, -0.05) is 0 Å². The molecule has 0 saturated heterocycles. The van der Waals surface area contributed by atoms with Crippen LogP contribution in [0.5, 0.6) is 0 Å². The summed E-state index contributed by atoms with van der Waals surface area (Å²) in [4.78, 5) is 5.52. The summed E-state index contributed by atoms with van der Waals surface area (Å²) >= 11 is 1.78. The smallest absolute Gasteiger partial charge is 0.0550 e. The highest BCUT2D eigenvalue weighted by Gasteiger charge is 2.10. The molecule has 1 nitrogen and oxygen atoms in total. The molecule has 1 aliphatic heterocycles. The zero-order valence-corrected chi connectivity index (χ0v) is 5.69. The van der Waals surface area contributed by atoms with Crippen LogP contribution in [0.3, 0.4) is 0 Å². The van der Waals surface area contributed by atoms with Gasteiger partial charge in [0, 0.05) is 23.3 Å². The molecule has 0 aliphatic carbocycles. The molecule has 2 heterocycles. The maximum Gasteiger partial charge on any atom is 0.0550 e. The average molecular weight is 136 g/mol. The van der Waals surface area contributed by atoms with Crippen molar-refractivity contribution in [3.8, 4) is 0 Å². The van der Waals surface area contributed by atoms with E-state index in [4.69, 9.17) is 0 Å². The first-order chi connectivity index (χ1) is 4.47. The highest BCUT2D eigenvalue weighted by atomic mass is 32.2. The summed E-state index contributed by atoms with van der Waals surface area (Å²) in [7, 11) is 0. The molecule has 0 bridgehead atoms. The van der Waals surface area contributed by atoms with Crippen LogP contribution in [0.15, 0.2) is 23.2 Å². The fourth-order valence-corrected chi connectivity index (χ4v) is 1.74. The maximum atomic E-state index is 4.21. The molecule has 2 rings (SSSR count). The van der Waals surface area contributed by atoms with Crippen molar-refractivity contribution in [2.45, 2.75) is 11.3 Å². The van der Waals surface area contributed by atoms with E-state index in [1.165, 1.54) is 10.6 Å². The number of hydrogen-bond acceptors (Lipinski definition) is 2. The number of thioether (sulfide) groups is 1. The van der Waals surface area contributed by atoms with Crippen LogP contribution in [0.25, 0.3) is 0 Å². The van der Waals surface area contributed by atoms with Gasteiger partial charge in [0.15, 0.2) is 0 Å². The van der Waals surface area contributed by atoms with Crippen LogP contribution in [-0.4, -0.2) is 4.98 Å². The van der Waals surface area contributed by atoms with Gasteiger partial charge in [-0.3, -0.25) is 4.98 Å². The Bertz CT molecular complexity index is 199. The zero-order chi connectivity index (χ0) is 6.10. The van der Waals surface area contributed by atoms with Crippen molar-refractivity contribution in [3.63, 3.8) is 0 Å². The van der Waals surface area contributed by atoms with Crippen molar-refractivity contribution in [1.29, 1.82) is 0 Å². The summed E-state index contributed by atoms with van der Waals surface area (Å²) in [6.45, 7) is 0. The monoisotopic (exact) mass is 136 g/mol. The number of aromatic nitrogens is 1. The summed E-state index contributed by atoms with van der Waals surface area (Å²) in [6.07, 6.45) is 2.87.